The standard InChI is InChI=1S/C11H16O3/c1-2-9(13)5-7-11(8-12)6-3-4-10(11)14/h8H,2-7H2,1H3. The minimum Gasteiger partial charge on any atom is -0.302 e. The zero-order valence-corrected chi connectivity index (χ0v) is 8.54. The molecule has 0 radical (unpaired) electrons. The normalized spacial score (nSPS) is 26.5. The Morgan fingerprint density at radius 3 is 2.71 bits per heavy atom. The molecule has 78 valence electrons. The molecule has 14 heavy (non-hydrogen) atoms. The van der Waals surface area contributed by atoms with E-state index in [9.17, 15) is 14.4 Å². The third-order valence-electron chi connectivity index (χ3n) is 3.05. The van der Waals surface area contributed by atoms with Crippen molar-refractivity contribution in [2.45, 2.75) is 45.4 Å². The third kappa shape index (κ3) is 2.08. The van der Waals surface area contributed by atoms with Gasteiger partial charge in [0.25, 0.3) is 0 Å². The van der Waals surface area contributed by atoms with E-state index in [1.54, 1.807) is 6.92 Å². The fraction of sp³-hybridized carbons (Fsp3) is 0.727. The maximum Gasteiger partial charge on any atom is 0.146 e. The van der Waals surface area contributed by atoms with Crippen molar-refractivity contribution in [2.75, 3.05) is 0 Å². The largest absolute Gasteiger partial charge is 0.302 e. The molecule has 0 saturated heterocycles. The average molecular weight is 196 g/mol. The lowest BCUT2D eigenvalue weighted by molar-refractivity contribution is -0.132. The second kappa shape index (κ2) is 4.49. The molecule has 3 nitrogen and oxygen atoms in total. The van der Waals surface area contributed by atoms with Crippen LogP contribution in [-0.4, -0.2) is 17.9 Å². The molecule has 1 rings (SSSR count). The van der Waals surface area contributed by atoms with Crippen LogP contribution in [0.3, 0.4) is 0 Å². The van der Waals surface area contributed by atoms with Crippen molar-refractivity contribution in [3.8, 4) is 0 Å². The van der Waals surface area contributed by atoms with Crippen molar-refractivity contribution >= 4 is 17.9 Å². The van der Waals surface area contributed by atoms with Crippen LogP contribution in [0, 0.1) is 5.41 Å². The summed E-state index contributed by atoms with van der Waals surface area (Å²) >= 11 is 0. The Morgan fingerprint density at radius 1 is 1.57 bits per heavy atom. The molecule has 1 aliphatic carbocycles. The van der Waals surface area contributed by atoms with Gasteiger partial charge in [0, 0.05) is 19.3 Å². The molecule has 0 N–H and O–H groups in total. The summed E-state index contributed by atoms with van der Waals surface area (Å²) in [5.74, 6) is 0.155. The van der Waals surface area contributed by atoms with Crippen molar-refractivity contribution in [2.24, 2.45) is 5.41 Å². The first-order valence-electron chi connectivity index (χ1n) is 5.16. The predicted octanol–water partition coefficient (Wildman–Crippen LogP) is 1.68. The number of Topliss-reactive ketones (excluding diaryl/α,β-unsaturated/α-hetero) is 2. The third-order valence-corrected chi connectivity index (χ3v) is 3.05. The van der Waals surface area contributed by atoms with Crippen molar-refractivity contribution in [1.82, 2.24) is 0 Å². The van der Waals surface area contributed by atoms with Crippen LogP contribution in [-0.2, 0) is 14.4 Å². The summed E-state index contributed by atoms with van der Waals surface area (Å²) in [6, 6.07) is 0. The van der Waals surface area contributed by atoms with E-state index in [0.717, 1.165) is 12.7 Å². The van der Waals surface area contributed by atoms with E-state index in [4.69, 9.17) is 0 Å². The number of carbonyl (C=O) groups is 3. The molecule has 0 bridgehead atoms. The maximum atomic E-state index is 11.5. The fourth-order valence-electron chi connectivity index (χ4n) is 1.94. The number of hydrogen-bond acceptors (Lipinski definition) is 3. The van der Waals surface area contributed by atoms with E-state index in [-0.39, 0.29) is 11.6 Å². The van der Waals surface area contributed by atoms with Gasteiger partial charge in [-0.05, 0) is 19.3 Å². The number of rotatable bonds is 5. The van der Waals surface area contributed by atoms with Gasteiger partial charge < -0.3 is 4.79 Å². The minimum absolute atomic E-state index is 0.0244. The Bertz CT molecular complexity index is 257. The van der Waals surface area contributed by atoms with E-state index in [0.29, 0.717) is 32.1 Å². The number of carbonyl (C=O) groups excluding carboxylic acids is 3. The highest BCUT2D eigenvalue weighted by molar-refractivity contribution is 6.00. The molecule has 1 unspecified atom stereocenters. The molecule has 0 amide bonds. The Morgan fingerprint density at radius 2 is 2.29 bits per heavy atom. The number of hydrogen-bond donors (Lipinski definition) is 0. The molecule has 0 aromatic heterocycles. The molecule has 0 aromatic rings. The summed E-state index contributed by atoms with van der Waals surface area (Å²) in [4.78, 5) is 33.5. The van der Waals surface area contributed by atoms with Crippen molar-refractivity contribution < 1.29 is 14.4 Å². The summed E-state index contributed by atoms with van der Waals surface area (Å²) in [6.45, 7) is 1.80. The van der Waals surface area contributed by atoms with Crippen molar-refractivity contribution in [3.05, 3.63) is 0 Å². The molecule has 0 spiro atoms. The molecular weight excluding hydrogens is 180 g/mol. The lowest BCUT2D eigenvalue weighted by Crippen LogP contribution is -2.28. The van der Waals surface area contributed by atoms with Crippen molar-refractivity contribution in [1.29, 1.82) is 0 Å². The first-order valence-corrected chi connectivity index (χ1v) is 5.16. The molecule has 1 atom stereocenters. The minimum atomic E-state index is -0.815. The highest BCUT2D eigenvalue weighted by Gasteiger charge is 2.41. The predicted molar refractivity (Wildman–Crippen MR) is 51.9 cm³/mol. The summed E-state index contributed by atoms with van der Waals surface area (Å²) < 4.78 is 0. The van der Waals surface area contributed by atoms with Gasteiger partial charge in [0.2, 0.25) is 0 Å². The quantitative estimate of drug-likeness (QED) is 0.496. The van der Waals surface area contributed by atoms with Gasteiger partial charge in [-0.3, -0.25) is 9.59 Å². The van der Waals surface area contributed by atoms with E-state index in [1.807, 2.05) is 0 Å². The molecular formula is C11H16O3. The van der Waals surface area contributed by atoms with E-state index >= 15 is 0 Å². The summed E-state index contributed by atoms with van der Waals surface area (Å²) in [5.41, 5.74) is -0.815. The van der Waals surface area contributed by atoms with Crippen LogP contribution in [0.1, 0.15) is 45.4 Å². The zero-order chi connectivity index (χ0) is 10.6. The number of ketones is 2. The number of aldehydes is 1. The van der Waals surface area contributed by atoms with Crippen LogP contribution in [0.5, 0.6) is 0 Å². The molecule has 0 aliphatic heterocycles. The molecule has 0 heterocycles. The van der Waals surface area contributed by atoms with Crippen LogP contribution in [0.4, 0.5) is 0 Å². The Hall–Kier alpha value is -0.990. The van der Waals surface area contributed by atoms with Gasteiger partial charge in [0.15, 0.2) is 0 Å². The topological polar surface area (TPSA) is 51.2 Å². The maximum absolute atomic E-state index is 11.5. The smallest absolute Gasteiger partial charge is 0.146 e. The van der Waals surface area contributed by atoms with Crippen LogP contribution in [0.25, 0.3) is 0 Å². The van der Waals surface area contributed by atoms with Gasteiger partial charge >= 0.3 is 0 Å². The van der Waals surface area contributed by atoms with Crippen molar-refractivity contribution in [3.63, 3.8) is 0 Å². The SMILES string of the molecule is CCC(=O)CCC1(C=O)CCCC1=O. The van der Waals surface area contributed by atoms with Gasteiger partial charge in [-0.2, -0.15) is 0 Å². The van der Waals surface area contributed by atoms with Gasteiger partial charge in [0.05, 0.1) is 5.41 Å². The first kappa shape index (κ1) is 11.1. The molecule has 1 fully saturated rings. The molecule has 0 aromatic carbocycles. The Labute approximate surface area is 83.9 Å². The van der Waals surface area contributed by atoms with Crippen LogP contribution in [0.15, 0.2) is 0 Å². The summed E-state index contributed by atoms with van der Waals surface area (Å²) in [7, 11) is 0. The Kier molecular flexibility index (Phi) is 3.55. The summed E-state index contributed by atoms with van der Waals surface area (Å²) in [5, 5.41) is 0. The lowest BCUT2D eigenvalue weighted by Gasteiger charge is -2.18. The van der Waals surface area contributed by atoms with E-state index < -0.39 is 5.41 Å². The summed E-state index contributed by atoms with van der Waals surface area (Å²) in [6.07, 6.45) is 3.95. The van der Waals surface area contributed by atoms with Crippen LogP contribution in [0.2, 0.25) is 0 Å². The average Bonchev–Trinajstić information content (AvgIpc) is 2.57. The highest BCUT2D eigenvalue weighted by Crippen LogP contribution is 2.37. The molecule has 3 heteroatoms. The van der Waals surface area contributed by atoms with Gasteiger partial charge in [-0.25, -0.2) is 0 Å². The Balaban J connectivity index is 2.58. The lowest BCUT2D eigenvalue weighted by atomic mass is 9.81. The molecule has 1 saturated carbocycles. The van der Waals surface area contributed by atoms with Gasteiger partial charge in [-0.15, -0.1) is 0 Å². The van der Waals surface area contributed by atoms with Crippen LogP contribution >= 0.6 is 0 Å². The molecule has 1 aliphatic rings. The van der Waals surface area contributed by atoms with E-state index in [2.05, 4.69) is 0 Å². The monoisotopic (exact) mass is 196 g/mol. The first-order chi connectivity index (χ1) is 6.64. The second-order valence-electron chi connectivity index (χ2n) is 3.94. The van der Waals surface area contributed by atoms with Crippen LogP contribution < -0.4 is 0 Å². The fourth-order valence-corrected chi connectivity index (χ4v) is 1.94. The zero-order valence-electron chi connectivity index (χ0n) is 8.54. The van der Waals surface area contributed by atoms with Gasteiger partial charge in [-0.1, -0.05) is 6.92 Å². The van der Waals surface area contributed by atoms with Gasteiger partial charge in [0.1, 0.15) is 17.9 Å². The van der Waals surface area contributed by atoms with E-state index in [1.165, 1.54) is 0 Å². The second-order valence-corrected chi connectivity index (χ2v) is 3.94. The highest BCUT2D eigenvalue weighted by atomic mass is 16.1.